The fourth-order valence-corrected chi connectivity index (χ4v) is 3.97. The van der Waals surface area contributed by atoms with Gasteiger partial charge in [0.1, 0.15) is 5.78 Å². The monoisotopic (exact) mass is 394 g/mol. The van der Waals surface area contributed by atoms with Crippen molar-refractivity contribution < 1.29 is 14.4 Å². The van der Waals surface area contributed by atoms with Crippen molar-refractivity contribution in [1.29, 1.82) is 0 Å². The molecule has 0 aromatic rings. The van der Waals surface area contributed by atoms with Crippen molar-refractivity contribution in [2.45, 2.75) is 51.4 Å². The zero-order valence-electron chi connectivity index (χ0n) is 17.8. The fraction of sp³-hybridized carbons (Fsp3) is 0.857. The molecular weight excluding hydrogens is 356 g/mol. The molecule has 2 fully saturated rings. The number of nitrogens with one attached hydrogen (secondary N) is 2. The molecule has 0 saturated heterocycles. The number of nitrogens with zero attached hydrogens (tertiary/aromatic N) is 2. The van der Waals surface area contributed by atoms with Gasteiger partial charge in [0.25, 0.3) is 0 Å². The molecule has 28 heavy (non-hydrogen) atoms. The number of rotatable bonds is 11. The number of imide groups is 1. The third-order valence-corrected chi connectivity index (χ3v) is 5.71. The lowest BCUT2D eigenvalue weighted by Crippen LogP contribution is -2.49. The molecule has 0 heterocycles. The van der Waals surface area contributed by atoms with E-state index in [0.717, 1.165) is 38.6 Å². The molecule has 3 amide bonds. The lowest BCUT2D eigenvalue weighted by molar-refractivity contribution is -0.134. The number of ketones is 1. The Morgan fingerprint density at radius 2 is 1.93 bits per heavy atom. The Morgan fingerprint density at radius 1 is 1.18 bits per heavy atom. The summed E-state index contributed by atoms with van der Waals surface area (Å²) in [7, 11) is 5.84. The SMILES string of the molecule is CNCC(CC1CCCC(=O)C1)C(=O)N(CC1CC1)C(=O)NCCCN(C)C. The van der Waals surface area contributed by atoms with E-state index in [1.54, 1.807) is 0 Å². The van der Waals surface area contributed by atoms with Crippen LogP contribution in [0, 0.1) is 17.8 Å². The zero-order valence-corrected chi connectivity index (χ0v) is 17.8. The number of hydrogen-bond donors (Lipinski definition) is 2. The Balaban J connectivity index is 1.96. The third kappa shape index (κ3) is 7.87. The topological polar surface area (TPSA) is 81.8 Å². The van der Waals surface area contributed by atoms with Crippen LogP contribution in [-0.4, -0.2) is 74.8 Å². The van der Waals surface area contributed by atoms with Gasteiger partial charge in [0.15, 0.2) is 0 Å². The molecule has 0 radical (unpaired) electrons. The molecule has 2 atom stereocenters. The third-order valence-electron chi connectivity index (χ3n) is 5.71. The van der Waals surface area contributed by atoms with Crippen LogP contribution in [0.3, 0.4) is 0 Å². The molecule has 2 aliphatic rings. The van der Waals surface area contributed by atoms with Crippen molar-refractivity contribution in [3.63, 3.8) is 0 Å². The first kappa shape index (κ1) is 22.8. The van der Waals surface area contributed by atoms with E-state index in [4.69, 9.17) is 0 Å². The number of hydrogen-bond acceptors (Lipinski definition) is 5. The van der Waals surface area contributed by atoms with E-state index in [1.165, 1.54) is 4.90 Å². The molecule has 2 N–H and O–H groups in total. The molecule has 0 spiro atoms. The highest BCUT2D eigenvalue weighted by molar-refractivity contribution is 5.95. The van der Waals surface area contributed by atoms with Crippen LogP contribution in [0.5, 0.6) is 0 Å². The van der Waals surface area contributed by atoms with E-state index >= 15 is 0 Å². The number of urea groups is 1. The first-order valence-electron chi connectivity index (χ1n) is 10.8. The maximum atomic E-state index is 13.3. The summed E-state index contributed by atoms with van der Waals surface area (Å²) in [6, 6.07) is -0.267. The number of carbonyl (C=O) groups is 3. The van der Waals surface area contributed by atoms with Gasteiger partial charge in [-0.2, -0.15) is 0 Å². The smallest absolute Gasteiger partial charge is 0.324 e. The van der Waals surface area contributed by atoms with E-state index < -0.39 is 0 Å². The summed E-state index contributed by atoms with van der Waals surface area (Å²) >= 11 is 0. The average molecular weight is 395 g/mol. The minimum absolute atomic E-state index is 0.0932. The molecule has 7 heteroatoms. The van der Waals surface area contributed by atoms with Gasteiger partial charge in [-0.1, -0.05) is 0 Å². The molecule has 2 aliphatic carbocycles. The van der Waals surface area contributed by atoms with Gasteiger partial charge in [-0.3, -0.25) is 14.5 Å². The van der Waals surface area contributed by atoms with E-state index in [1.807, 2.05) is 21.1 Å². The standard InChI is InChI=1S/C21H38N4O3/c1-22-14-18(12-17-6-4-7-19(26)13-17)20(27)25(15-16-8-9-16)21(28)23-10-5-11-24(2)3/h16-18,22H,4-15H2,1-3H3,(H,23,28). The van der Waals surface area contributed by atoms with Gasteiger partial charge < -0.3 is 15.5 Å². The molecule has 0 aromatic carbocycles. The van der Waals surface area contributed by atoms with Gasteiger partial charge in [0.2, 0.25) is 5.91 Å². The Hall–Kier alpha value is -1.47. The van der Waals surface area contributed by atoms with E-state index in [2.05, 4.69) is 15.5 Å². The maximum Gasteiger partial charge on any atom is 0.324 e. The summed E-state index contributed by atoms with van der Waals surface area (Å²) in [5.41, 5.74) is 0. The van der Waals surface area contributed by atoms with Crippen LogP contribution in [0.25, 0.3) is 0 Å². The molecule has 0 aliphatic heterocycles. The highest BCUT2D eigenvalue weighted by atomic mass is 16.2. The highest BCUT2D eigenvalue weighted by Gasteiger charge is 2.35. The number of carbonyl (C=O) groups excluding carboxylic acids is 3. The van der Waals surface area contributed by atoms with Crippen LogP contribution in [-0.2, 0) is 9.59 Å². The zero-order chi connectivity index (χ0) is 20.5. The Morgan fingerprint density at radius 3 is 2.54 bits per heavy atom. The average Bonchev–Trinajstić information content (AvgIpc) is 3.46. The van der Waals surface area contributed by atoms with E-state index in [0.29, 0.717) is 50.6 Å². The van der Waals surface area contributed by atoms with Gasteiger partial charge in [-0.05, 0) is 78.0 Å². The molecule has 160 valence electrons. The normalized spacial score (nSPS) is 20.9. The Bertz CT molecular complexity index is 534. The highest BCUT2D eigenvalue weighted by Crippen LogP contribution is 2.32. The summed E-state index contributed by atoms with van der Waals surface area (Å²) in [6.45, 7) is 2.52. The Kier molecular flexibility index (Phi) is 9.38. The minimum Gasteiger partial charge on any atom is -0.338 e. The summed E-state index contributed by atoms with van der Waals surface area (Å²) in [5.74, 6) is 0.661. The van der Waals surface area contributed by atoms with Crippen LogP contribution >= 0.6 is 0 Å². The van der Waals surface area contributed by atoms with E-state index in [-0.39, 0.29) is 23.8 Å². The van der Waals surface area contributed by atoms with Crippen LogP contribution in [0.1, 0.15) is 51.4 Å². The van der Waals surface area contributed by atoms with Gasteiger partial charge in [-0.25, -0.2) is 4.79 Å². The molecule has 0 aromatic heterocycles. The van der Waals surface area contributed by atoms with Crippen molar-refractivity contribution in [1.82, 2.24) is 20.4 Å². The van der Waals surface area contributed by atoms with Crippen molar-refractivity contribution in [3.05, 3.63) is 0 Å². The van der Waals surface area contributed by atoms with Gasteiger partial charge in [-0.15, -0.1) is 0 Å². The molecule has 2 saturated carbocycles. The van der Waals surface area contributed by atoms with Gasteiger partial charge in [0.05, 0.1) is 5.92 Å². The van der Waals surface area contributed by atoms with Gasteiger partial charge >= 0.3 is 6.03 Å². The second-order valence-corrected chi connectivity index (χ2v) is 8.77. The first-order chi connectivity index (χ1) is 13.4. The maximum absolute atomic E-state index is 13.3. The second kappa shape index (κ2) is 11.5. The molecule has 2 unspecified atom stereocenters. The van der Waals surface area contributed by atoms with Crippen LogP contribution < -0.4 is 10.6 Å². The van der Waals surface area contributed by atoms with Gasteiger partial charge in [0, 0.05) is 32.5 Å². The Labute approximate surface area is 169 Å². The van der Waals surface area contributed by atoms with Crippen molar-refractivity contribution >= 4 is 17.7 Å². The molecule has 0 bridgehead atoms. The largest absolute Gasteiger partial charge is 0.338 e. The molecular formula is C21H38N4O3. The summed E-state index contributed by atoms with van der Waals surface area (Å²) in [4.78, 5) is 41.3. The summed E-state index contributed by atoms with van der Waals surface area (Å²) in [6.07, 6.45) is 6.88. The number of Topliss-reactive ketones (excluding diaryl/α,β-unsaturated/α-hetero) is 1. The first-order valence-corrected chi connectivity index (χ1v) is 10.8. The predicted octanol–water partition coefficient (Wildman–Crippen LogP) is 1.87. The second-order valence-electron chi connectivity index (χ2n) is 8.77. The van der Waals surface area contributed by atoms with Crippen LogP contribution in [0.2, 0.25) is 0 Å². The minimum atomic E-state index is -0.267. The van der Waals surface area contributed by atoms with Crippen molar-refractivity contribution in [2.24, 2.45) is 17.8 Å². The predicted molar refractivity (Wildman–Crippen MR) is 110 cm³/mol. The fourth-order valence-electron chi connectivity index (χ4n) is 3.97. The van der Waals surface area contributed by atoms with Crippen molar-refractivity contribution in [2.75, 3.05) is 47.3 Å². The van der Waals surface area contributed by atoms with Crippen LogP contribution in [0.4, 0.5) is 4.79 Å². The summed E-state index contributed by atoms with van der Waals surface area (Å²) in [5, 5.41) is 6.03. The van der Waals surface area contributed by atoms with Crippen molar-refractivity contribution in [3.8, 4) is 0 Å². The lowest BCUT2D eigenvalue weighted by Gasteiger charge is -2.29. The van der Waals surface area contributed by atoms with E-state index in [9.17, 15) is 14.4 Å². The quantitative estimate of drug-likeness (QED) is 0.523. The molecule has 7 nitrogen and oxygen atoms in total. The number of amides is 3. The van der Waals surface area contributed by atoms with Crippen LogP contribution in [0.15, 0.2) is 0 Å². The summed E-state index contributed by atoms with van der Waals surface area (Å²) < 4.78 is 0. The molecule has 2 rings (SSSR count). The lowest BCUT2D eigenvalue weighted by atomic mass is 9.81.